The Hall–Kier alpha value is -0.830. The zero-order valence-corrected chi connectivity index (χ0v) is 9.23. The Morgan fingerprint density at radius 2 is 1.94 bits per heavy atom. The van der Waals surface area contributed by atoms with E-state index in [2.05, 4.69) is 0 Å². The normalized spacial score (nSPS) is 14.8. The van der Waals surface area contributed by atoms with Crippen molar-refractivity contribution in [2.24, 2.45) is 0 Å². The summed E-state index contributed by atoms with van der Waals surface area (Å²) in [5.74, 6) is -2.14. The summed E-state index contributed by atoms with van der Waals surface area (Å²) in [4.78, 5) is 10.3. The molecule has 1 atom stereocenters. The third-order valence-corrected chi connectivity index (χ3v) is 3.14. The van der Waals surface area contributed by atoms with E-state index in [1.54, 1.807) is 4.72 Å². The average Bonchev–Trinajstić information content (AvgIpc) is 1.99. The predicted octanol–water partition coefficient (Wildman–Crippen LogP) is 0.721. The van der Waals surface area contributed by atoms with Crippen LogP contribution in [-0.2, 0) is 14.8 Å². The minimum atomic E-state index is -4.41. The molecule has 0 spiro atoms. The summed E-state index contributed by atoms with van der Waals surface area (Å²) >= 11 is 0. The number of sulfonamides is 1. The van der Waals surface area contributed by atoms with Crippen molar-refractivity contribution in [2.75, 3.05) is 5.75 Å². The van der Waals surface area contributed by atoms with Crippen LogP contribution in [0.5, 0.6) is 0 Å². The second-order valence-electron chi connectivity index (χ2n) is 3.22. The molecule has 9 heteroatoms. The summed E-state index contributed by atoms with van der Waals surface area (Å²) in [6.07, 6.45) is -6.21. The van der Waals surface area contributed by atoms with E-state index in [1.165, 1.54) is 0 Å². The van der Waals surface area contributed by atoms with E-state index in [0.29, 0.717) is 0 Å². The van der Waals surface area contributed by atoms with Crippen molar-refractivity contribution < 1.29 is 31.5 Å². The number of carboxylic acids is 1. The van der Waals surface area contributed by atoms with Crippen LogP contribution in [0, 0.1) is 0 Å². The summed E-state index contributed by atoms with van der Waals surface area (Å²) in [5.41, 5.74) is 0. The first-order valence-corrected chi connectivity index (χ1v) is 5.98. The molecule has 16 heavy (non-hydrogen) atoms. The fourth-order valence-corrected chi connectivity index (χ4v) is 2.12. The van der Waals surface area contributed by atoms with E-state index >= 15 is 0 Å². The van der Waals surface area contributed by atoms with Gasteiger partial charge >= 0.3 is 12.1 Å². The van der Waals surface area contributed by atoms with Crippen LogP contribution in [0.4, 0.5) is 13.2 Å². The summed E-state index contributed by atoms with van der Waals surface area (Å²) in [7, 11) is -3.98. The Balaban J connectivity index is 4.12. The minimum absolute atomic E-state index is 0.592. The standard InChI is InChI=1S/C7H12F3NO4S/c1-5(6(12)13)11-16(14,15)4-2-3-7(8,9)10/h5,11H,2-4H2,1H3,(H,12,13)/t5-/m1/s1. The number of nitrogens with one attached hydrogen (secondary N) is 1. The Labute approximate surface area is 90.7 Å². The number of carbonyl (C=O) groups is 1. The first kappa shape index (κ1) is 15.2. The number of hydrogen-bond acceptors (Lipinski definition) is 3. The fraction of sp³-hybridized carbons (Fsp3) is 0.857. The minimum Gasteiger partial charge on any atom is -0.480 e. The van der Waals surface area contributed by atoms with Gasteiger partial charge in [-0.05, 0) is 13.3 Å². The van der Waals surface area contributed by atoms with Crippen LogP contribution in [-0.4, -0.2) is 37.5 Å². The molecular weight excluding hydrogens is 251 g/mol. The van der Waals surface area contributed by atoms with E-state index in [9.17, 15) is 26.4 Å². The van der Waals surface area contributed by atoms with Crippen LogP contribution in [0.1, 0.15) is 19.8 Å². The van der Waals surface area contributed by atoms with Crippen molar-refractivity contribution in [1.82, 2.24) is 4.72 Å². The largest absolute Gasteiger partial charge is 0.480 e. The van der Waals surface area contributed by atoms with Crippen molar-refractivity contribution in [1.29, 1.82) is 0 Å². The second-order valence-corrected chi connectivity index (χ2v) is 5.09. The lowest BCUT2D eigenvalue weighted by Crippen LogP contribution is -2.39. The van der Waals surface area contributed by atoms with Gasteiger partial charge in [-0.15, -0.1) is 0 Å². The van der Waals surface area contributed by atoms with Crippen molar-refractivity contribution in [3.05, 3.63) is 0 Å². The Kier molecular flexibility index (Phi) is 5.20. The zero-order valence-electron chi connectivity index (χ0n) is 8.41. The first-order valence-electron chi connectivity index (χ1n) is 4.33. The third-order valence-electron chi connectivity index (χ3n) is 1.60. The molecule has 0 amide bonds. The lowest BCUT2D eigenvalue weighted by Gasteiger charge is -2.10. The number of alkyl halides is 3. The van der Waals surface area contributed by atoms with E-state index in [1.807, 2.05) is 0 Å². The molecule has 0 aliphatic rings. The molecule has 0 bridgehead atoms. The molecule has 0 heterocycles. The highest BCUT2D eigenvalue weighted by Crippen LogP contribution is 2.21. The number of hydrogen-bond donors (Lipinski definition) is 2. The molecular formula is C7H12F3NO4S. The molecule has 0 fully saturated rings. The molecule has 5 nitrogen and oxygen atoms in total. The highest BCUT2D eigenvalue weighted by atomic mass is 32.2. The molecule has 0 aliphatic heterocycles. The van der Waals surface area contributed by atoms with Crippen LogP contribution < -0.4 is 4.72 Å². The van der Waals surface area contributed by atoms with E-state index in [4.69, 9.17) is 5.11 Å². The summed E-state index contributed by atoms with van der Waals surface area (Å²) < 4.78 is 59.1. The SMILES string of the molecule is C[C@@H](NS(=O)(=O)CCCC(F)(F)F)C(=O)O. The monoisotopic (exact) mass is 263 g/mol. The van der Waals surface area contributed by atoms with Gasteiger partial charge in [0, 0.05) is 6.42 Å². The van der Waals surface area contributed by atoms with Crippen molar-refractivity contribution >= 4 is 16.0 Å². The van der Waals surface area contributed by atoms with Gasteiger partial charge in [0.2, 0.25) is 10.0 Å². The van der Waals surface area contributed by atoms with Gasteiger partial charge in [-0.1, -0.05) is 0 Å². The molecule has 0 unspecified atom stereocenters. The van der Waals surface area contributed by atoms with Gasteiger partial charge in [0.25, 0.3) is 0 Å². The first-order chi connectivity index (χ1) is 7.03. The smallest absolute Gasteiger partial charge is 0.389 e. The summed E-state index contributed by atoms with van der Waals surface area (Å²) in [5, 5.41) is 8.39. The fourth-order valence-electron chi connectivity index (χ4n) is 0.841. The molecule has 0 aromatic heterocycles. The van der Waals surface area contributed by atoms with Crippen LogP contribution >= 0.6 is 0 Å². The number of rotatable bonds is 6. The van der Waals surface area contributed by atoms with Crippen molar-refractivity contribution in [3.8, 4) is 0 Å². The van der Waals surface area contributed by atoms with Crippen molar-refractivity contribution in [3.63, 3.8) is 0 Å². The van der Waals surface area contributed by atoms with E-state index in [0.717, 1.165) is 6.92 Å². The van der Waals surface area contributed by atoms with Crippen LogP contribution in [0.15, 0.2) is 0 Å². The summed E-state index contributed by atoms with van der Waals surface area (Å²) in [6, 6.07) is -1.35. The second kappa shape index (κ2) is 5.48. The summed E-state index contributed by atoms with van der Waals surface area (Å²) in [6.45, 7) is 1.09. The number of aliphatic carboxylic acids is 1. The molecule has 0 rings (SSSR count). The van der Waals surface area contributed by atoms with Crippen molar-refractivity contribution in [2.45, 2.75) is 32.0 Å². The van der Waals surface area contributed by atoms with Crippen LogP contribution in [0.3, 0.4) is 0 Å². The van der Waals surface area contributed by atoms with Gasteiger partial charge in [-0.2, -0.15) is 13.2 Å². The van der Waals surface area contributed by atoms with E-state index in [-0.39, 0.29) is 0 Å². The van der Waals surface area contributed by atoms with Gasteiger partial charge in [0.1, 0.15) is 6.04 Å². The number of carboxylic acid groups (broad SMARTS) is 1. The van der Waals surface area contributed by atoms with Crippen LogP contribution in [0.25, 0.3) is 0 Å². The maximum Gasteiger partial charge on any atom is 0.389 e. The zero-order chi connectivity index (χ0) is 13.0. The topological polar surface area (TPSA) is 83.5 Å². The molecule has 0 aromatic carbocycles. The molecule has 0 radical (unpaired) electrons. The maximum absolute atomic E-state index is 11.7. The third kappa shape index (κ3) is 7.46. The highest BCUT2D eigenvalue weighted by molar-refractivity contribution is 7.89. The van der Waals surface area contributed by atoms with Gasteiger partial charge in [0.05, 0.1) is 5.75 Å². The van der Waals surface area contributed by atoms with E-state index < -0.39 is 46.8 Å². The van der Waals surface area contributed by atoms with Crippen LogP contribution in [0.2, 0.25) is 0 Å². The van der Waals surface area contributed by atoms with Gasteiger partial charge in [-0.25, -0.2) is 13.1 Å². The maximum atomic E-state index is 11.7. The highest BCUT2D eigenvalue weighted by Gasteiger charge is 2.28. The molecule has 0 saturated heterocycles. The number of halogens is 3. The van der Waals surface area contributed by atoms with Gasteiger partial charge < -0.3 is 5.11 Å². The Bertz CT molecular complexity index is 338. The Morgan fingerprint density at radius 1 is 1.44 bits per heavy atom. The molecule has 96 valence electrons. The molecule has 0 aliphatic carbocycles. The molecule has 0 aromatic rings. The average molecular weight is 263 g/mol. The van der Waals surface area contributed by atoms with Gasteiger partial charge in [-0.3, -0.25) is 4.79 Å². The Morgan fingerprint density at radius 3 is 2.31 bits per heavy atom. The van der Waals surface area contributed by atoms with Gasteiger partial charge in [0.15, 0.2) is 0 Å². The molecule has 2 N–H and O–H groups in total. The quantitative estimate of drug-likeness (QED) is 0.739. The predicted molar refractivity (Wildman–Crippen MR) is 49.3 cm³/mol. The molecule has 0 saturated carbocycles. The lowest BCUT2D eigenvalue weighted by molar-refractivity contribution is -0.138. The lowest BCUT2D eigenvalue weighted by atomic mass is 10.3.